The van der Waals surface area contributed by atoms with E-state index in [1.807, 2.05) is 128 Å². The van der Waals surface area contributed by atoms with Gasteiger partial charge in [-0.05, 0) is 35.4 Å². The maximum atomic E-state index is 10.3. The Bertz CT molecular complexity index is 1150. The van der Waals surface area contributed by atoms with E-state index in [0.717, 1.165) is 34.6 Å². The number of phenols is 1. The first-order valence-corrected chi connectivity index (χ1v) is 14.7. The van der Waals surface area contributed by atoms with E-state index >= 15 is 0 Å². The van der Waals surface area contributed by atoms with Gasteiger partial charge in [-0.25, -0.2) is 0 Å². The molecule has 0 bridgehead atoms. The lowest BCUT2D eigenvalue weighted by Gasteiger charge is -2.24. The van der Waals surface area contributed by atoms with Crippen LogP contribution in [0.1, 0.15) is 66.5 Å². The first-order chi connectivity index (χ1) is 18.8. The van der Waals surface area contributed by atoms with Gasteiger partial charge in [-0.15, -0.1) is 0 Å². The number of phenolic OH excluding ortho intramolecular Hbond substituents is 1. The molecule has 0 amide bonds. The summed E-state index contributed by atoms with van der Waals surface area (Å²) in [6, 6.07) is 30.6. The molecule has 0 aliphatic carbocycles. The van der Waals surface area contributed by atoms with E-state index in [1.54, 1.807) is 12.1 Å². The van der Waals surface area contributed by atoms with Gasteiger partial charge in [-0.2, -0.15) is 0 Å². The molecule has 0 atom stereocenters. The Morgan fingerprint density at radius 1 is 0.553 bits per heavy atom. The third-order valence-electron chi connectivity index (χ3n) is 4.93. The predicted octanol–water partition coefficient (Wildman–Crippen LogP) is 10.8. The molecule has 4 nitrogen and oxygen atoms in total. The van der Waals surface area contributed by atoms with Crippen molar-refractivity contribution in [2.75, 3.05) is 0 Å². The zero-order chi connectivity index (χ0) is 28.3. The standard InChI is InChI=1S/C25H19O4P.4C2H6/c26-22-13-5-3-11-20(22)21-12-4-8-16-25(21)29-30-27-23-14-6-1-9-18(23)17-19-10-2-7-15-24(19)28-30;4*1-2/h1-16,26H,17H2;4*1-2H3. The maximum absolute atomic E-state index is 10.3. The van der Waals surface area contributed by atoms with Gasteiger partial charge >= 0.3 is 8.60 Å². The van der Waals surface area contributed by atoms with Crippen LogP contribution in [-0.2, 0) is 6.42 Å². The highest BCUT2D eigenvalue weighted by molar-refractivity contribution is 7.43. The van der Waals surface area contributed by atoms with Gasteiger partial charge in [0.05, 0.1) is 0 Å². The Kier molecular flexibility index (Phi) is 16.0. The van der Waals surface area contributed by atoms with Gasteiger partial charge < -0.3 is 18.7 Å². The number of hydrogen-bond donors (Lipinski definition) is 1. The topological polar surface area (TPSA) is 47.9 Å². The minimum atomic E-state index is -1.76. The van der Waals surface area contributed by atoms with Gasteiger partial charge in [0.2, 0.25) is 0 Å². The molecule has 0 aromatic heterocycles. The summed E-state index contributed by atoms with van der Waals surface area (Å²) >= 11 is 0. The van der Waals surface area contributed by atoms with Gasteiger partial charge in [0, 0.05) is 17.5 Å². The number of fused-ring (bicyclic) bond motifs is 2. The van der Waals surface area contributed by atoms with Crippen LogP contribution >= 0.6 is 8.60 Å². The van der Waals surface area contributed by atoms with Gasteiger partial charge in [-0.3, -0.25) is 0 Å². The van der Waals surface area contributed by atoms with Crippen molar-refractivity contribution in [2.45, 2.75) is 61.8 Å². The largest absolute Gasteiger partial charge is 0.530 e. The van der Waals surface area contributed by atoms with Crippen LogP contribution in [-0.4, -0.2) is 5.11 Å². The fourth-order valence-electron chi connectivity index (χ4n) is 3.45. The van der Waals surface area contributed by atoms with Crippen LogP contribution in [0.25, 0.3) is 11.1 Å². The summed E-state index contributed by atoms with van der Waals surface area (Å²) < 4.78 is 18.6. The average Bonchev–Trinajstić information content (AvgIpc) is 2.99. The van der Waals surface area contributed by atoms with Gasteiger partial charge in [0.1, 0.15) is 23.0 Å². The molecule has 204 valence electrons. The van der Waals surface area contributed by atoms with Crippen molar-refractivity contribution >= 4 is 8.60 Å². The highest BCUT2D eigenvalue weighted by Crippen LogP contribution is 2.48. The molecule has 4 aromatic rings. The van der Waals surface area contributed by atoms with Crippen molar-refractivity contribution in [3.63, 3.8) is 0 Å². The summed E-state index contributed by atoms with van der Waals surface area (Å²) in [5.74, 6) is 2.27. The summed E-state index contributed by atoms with van der Waals surface area (Å²) in [6.07, 6.45) is 0.726. The molecule has 1 aliphatic rings. The van der Waals surface area contributed by atoms with E-state index in [-0.39, 0.29) is 5.75 Å². The predicted molar refractivity (Wildman–Crippen MR) is 163 cm³/mol. The van der Waals surface area contributed by atoms with E-state index in [9.17, 15) is 5.11 Å². The van der Waals surface area contributed by atoms with Crippen LogP contribution < -0.4 is 13.6 Å². The zero-order valence-electron chi connectivity index (χ0n) is 24.1. The molecule has 4 aromatic carbocycles. The van der Waals surface area contributed by atoms with Gasteiger partial charge in [-0.1, -0.05) is 128 Å². The molecular weight excluding hydrogens is 491 g/mol. The molecule has 5 rings (SSSR count). The Labute approximate surface area is 231 Å². The Hall–Kier alpha value is -3.49. The van der Waals surface area contributed by atoms with Gasteiger partial charge in [0.25, 0.3) is 0 Å². The Balaban J connectivity index is 0.000000829. The normalized spacial score (nSPS) is 10.9. The van der Waals surface area contributed by atoms with Crippen LogP contribution in [0, 0.1) is 0 Å². The van der Waals surface area contributed by atoms with E-state index < -0.39 is 8.60 Å². The molecule has 0 saturated carbocycles. The lowest BCUT2D eigenvalue weighted by molar-refractivity contribution is 0.382. The number of para-hydroxylation sites is 4. The van der Waals surface area contributed by atoms with E-state index in [4.69, 9.17) is 13.6 Å². The van der Waals surface area contributed by atoms with Crippen molar-refractivity contribution in [1.29, 1.82) is 0 Å². The maximum Gasteiger partial charge on any atom is 0.530 e. The van der Waals surface area contributed by atoms with Crippen molar-refractivity contribution < 1.29 is 18.7 Å². The Morgan fingerprint density at radius 2 is 0.974 bits per heavy atom. The summed E-state index contributed by atoms with van der Waals surface area (Å²) in [7, 11) is -1.76. The zero-order valence-corrected chi connectivity index (χ0v) is 25.0. The molecule has 0 radical (unpaired) electrons. The minimum Gasteiger partial charge on any atom is -0.507 e. The monoisotopic (exact) mass is 534 g/mol. The average molecular weight is 535 g/mol. The second-order valence-corrected chi connectivity index (χ2v) is 7.90. The number of benzene rings is 4. The SMILES string of the molecule is CC.CC.CC.CC.Oc1ccccc1-c1ccccc1OP1Oc2ccccc2Cc2ccccc2O1. The lowest BCUT2D eigenvalue weighted by Crippen LogP contribution is -2.08. The lowest BCUT2D eigenvalue weighted by atomic mass is 10.0. The number of hydrogen-bond acceptors (Lipinski definition) is 4. The first kappa shape index (κ1) is 32.5. The summed E-state index contributed by atoms with van der Waals surface area (Å²) in [5.41, 5.74) is 3.63. The molecule has 0 unspecified atom stereocenters. The molecule has 1 heterocycles. The van der Waals surface area contributed by atoms with Crippen molar-refractivity contribution in [2.24, 2.45) is 0 Å². The summed E-state index contributed by atoms with van der Waals surface area (Å²) in [6.45, 7) is 16.0. The van der Waals surface area contributed by atoms with Crippen LogP contribution in [0.15, 0.2) is 97.1 Å². The van der Waals surface area contributed by atoms with Gasteiger partial charge in [0.15, 0.2) is 0 Å². The van der Waals surface area contributed by atoms with E-state index in [1.165, 1.54) is 0 Å². The van der Waals surface area contributed by atoms with Crippen LogP contribution in [0.3, 0.4) is 0 Å². The molecule has 5 heteroatoms. The van der Waals surface area contributed by atoms with Crippen molar-refractivity contribution in [3.8, 4) is 34.1 Å². The molecule has 1 aliphatic heterocycles. The molecule has 0 spiro atoms. The molecule has 38 heavy (non-hydrogen) atoms. The smallest absolute Gasteiger partial charge is 0.507 e. The highest BCUT2D eigenvalue weighted by atomic mass is 31.2. The molecule has 1 N–H and O–H groups in total. The number of aromatic hydroxyl groups is 1. The van der Waals surface area contributed by atoms with E-state index in [0.29, 0.717) is 11.3 Å². The minimum absolute atomic E-state index is 0.191. The third kappa shape index (κ3) is 8.82. The van der Waals surface area contributed by atoms with Crippen LogP contribution in [0.2, 0.25) is 0 Å². The van der Waals surface area contributed by atoms with E-state index in [2.05, 4.69) is 12.1 Å². The molecular formula is C33H43O4P. The second-order valence-electron chi connectivity index (χ2n) is 6.90. The van der Waals surface area contributed by atoms with Crippen LogP contribution in [0.5, 0.6) is 23.0 Å². The second kappa shape index (κ2) is 18.7. The molecule has 0 fully saturated rings. The third-order valence-corrected chi connectivity index (χ3v) is 5.96. The molecule has 0 saturated heterocycles. The van der Waals surface area contributed by atoms with Crippen molar-refractivity contribution in [3.05, 3.63) is 108 Å². The fourth-order valence-corrected chi connectivity index (χ4v) is 4.56. The van der Waals surface area contributed by atoms with Crippen molar-refractivity contribution in [1.82, 2.24) is 0 Å². The number of rotatable bonds is 3. The first-order valence-electron chi connectivity index (χ1n) is 13.7. The highest BCUT2D eigenvalue weighted by Gasteiger charge is 2.26. The quantitative estimate of drug-likeness (QED) is 0.266. The van der Waals surface area contributed by atoms with Crippen LogP contribution in [0.4, 0.5) is 0 Å². The summed E-state index contributed by atoms with van der Waals surface area (Å²) in [4.78, 5) is 0. The summed E-state index contributed by atoms with van der Waals surface area (Å²) in [5, 5.41) is 10.3. The Morgan fingerprint density at radius 3 is 1.50 bits per heavy atom. The fraction of sp³-hybridized carbons (Fsp3) is 0.273.